The second kappa shape index (κ2) is 17.6. The average molecular weight is 697 g/mol. The largest absolute Gasteiger partial charge is 0.497 e. The number of esters is 1. The number of phenols is 2. The predicted octanol–water partition coefficient (Wildman–Crippen LogP) is 2.89. The number of nitrogens with zero attached hydrogens (tertiary/aromatic N) is 9. The van der Waals surface area contributed by atoms with E-state index >= 15 is 0 Å². The van der Waals surface area contributed by atoms with Crippen LogP contribution in [-0.4, -0.2) is 94.5 Å². The first-order valence-corrected chi connectivity index (χ1v) is 13.0. The summed E-state index contributed by atoms with van der Waals surface area (Å²) in [5, 5.41) is 80.4. The number of benzene rings is 2. The number of likely N-dealkylation sites (N-methyl/N-ethyl adjacent to an activating group) is 1. The third-order valence-corrected chi connectivity index (χ3v) is 5.57. The van der Waals surface area contributed by atoms with E-state index in [4.69, 9.17) is 14.9 Å². The van der Waals surface area contributed by atoms with Crippen LogP contribution in [-0.2, 0) is 16.0 Å². The number of carbonyl (C=O) groups is 1. The van der Waals surface area contributed by atoms with Crippen LogP contribution in [0.3, 0.4) is 0 Å². The van der Waals surface area contributed by atoms with Gasteiger partial charge in [-0.2, -0.15) is 0 Å². The molecule has 1 aromatic heterocycles. The summed E-state index contributed by atoms with van der Waals surface area (Å²) < 4.78 is 5.93. The van der Waals surface area contributed by atoms with Crippen LogP contribution in [0.1, 0.15) is 12.1 Å². The average Bonchev–Trinajstić information content (AvgIpc) is 3.00. The van der Waals surface area contributed by atoms with E-state index in [1.165, 1.54) is 6.33 Å². The first-order valence-electron chi connectivity index (χ1n) is 13.0. The lowest BCUT2D eigenvalue weighted by Crippen LogP contribution is -2.38. The van der Waals surface area contributed by atoms with Crippen molar-refractivity contribution in [2.24, 2.45) is 0 Å². The Labute approximate surface area is 272 Å². The minimum absolute atomic E-state index is 0.169. The molecule has 0 saturated heterocycles. The van der Waals surface area contributed by atoms with E-state index in [0.717, 1.165) is 16.7 Å². The van der Waals surface area contributed by atoms with Crippen molar-refractivity contribution in [1.82, 2.24) is 9.97 Å². The van der Waals surface area contributed by atoms with Gasteiger partial charge >= 0.3 is 28.7 Å². The van der Waals surface area contributed by atoms with Crippen molar-refractivity contribution in [2.45, 2.75) is 12.8 Å². The van der Waals surface area contributed by atoms with Gasteiger partial charge in [0.15, 0.2) is 0 Å². The quantitative estimate of drug-likeness (QED) is 0.119. The summed E-state index contributed by atoms with van der Waals surface area (Å²) in [6.45, 7) is 1.28. The van der Waals surface area contributed by atoms with Crippen LogP contribution in [0.2, 0.25) is 0 Å². The van der Waals surface area contributed by atoms with Gasteiger partial charge in [0.2, 0.25) is 0 Å². The molecular weight excluding hydrogens is 670 g/mol. The molecule has 0 unspecified atom stereocenters. The molecule has 2 N–H and O–H groups in total. The molecular formula is C24H26N9O16+. The minimum atomic E-state index is -1.21. The number of hydrogen-bond acceptors (Lipinski definition) is 18. The van der Waals surface area contributed by atoms with Crippen LogP contribution in [0.4, 0.5) is 34.1 Å². The van der Waals surface area contributed by atoms with E-state index in [9.17, 15) is 65.5 Å². The van der Waals surface area contributed by atoms with Gasteiger partial charge in [-0.25, -0.2) is 9.97 Å². The predicted molar refractivity (Wildman–Crippen MR) is 160 cm³/mol. The smallest absolute Gasteiger partial charge is 0.324 e. The van der Waals surface area contributed by atoms with Crippen LogP contribution < -0.4 is 0 Å². The molecule has 0 aliphatic heterocycles. The summed E-state index contributed by atoms with van der Waals surface area (Å²) in [5.41, 5.74) is -5.14. The second-order valence-corrected chi connectivity index (χ2v) is 10.1. The number of ether oxygens (including phenoxy) is 1. The van der Waals surface area contributed by atoms with Gasteiger partial charge in [0, 0.05) is 18.3 Å². The van der Waals surface area contributed by atoms with Gasteiger partial charge in [-0.05, 0) is 6.07 Å². The van der Waals surface area contributed by atoms with Crippen molar-refractivity contribution in [1.29, 1.82) is 0 Å². The number of phenolic OH excluding ortho intramolecular Hbond substituents is 2. The molecule has 0 bridgehead atoms. The summed E-state index contributed by atoms with van der Waals surface area (Å²) in [5.74, 6) is -2.58. The summed E-state index contributed by atoms with van der Waals surface area (Å²) in [6.07, 6.45) is 4.13. The highest BCUT2D eigenvalue weighted by Crippen LogP contribution is 2.40. The lowest BCUT2D eigenvalue weighted by molar-refractivity contribution is -0.870. The van der Waals surface area contributed by atoms with Crippen LogP contribution in [0.15, 0.2) is 42.9 Å². The van der Waals surface area contributed by atoms with Crippen LogP contribution in [0.25, 0.3) is 0 Å². The fraction of sp³-hybridized carbons (Fsp3) is 0.292. The van der Waals surface area contributed by atoms with Crippen molar-refractivity contribution >= 4 is 40.1 Å². The van der Waals surface area contributed by atoms with E-state index in [0.29, 0.717) is 43.7 Å². The van der Waals surface area contributed by atoms with Crippen LogP contribution in [0, 0.1) is 60.7 Å². The molecule has 0 spiro atoms. The standard InChI is InChI=1S/C12H20N3O2.2C6H3N3O7/c1-15(2,3)8-9-17-12(16)5-4-11-6-7-13-10-14-11;2*10-6-4(8(13)14)1-3(7(11)12)2-5(6)9(15)16/h6-7,10H,4-5,8-9H2,1-3H3;2*1-2,10H/q+1;;. The summed E-state index contributed by atoms with van der Waals surface area (Å²) in [7, 11) is 6.19. The van der Waals surface area contributed by atoms with Gasteiger partial charge in [-0.15, -0.1) is 0 Å². The molecule has 0 saturated carbocycles. The molecule has 0 amide bonds. The van der Waals surface area contributed by atoms with E-state index in [2.05, 4.69) is 31.1 Å². The zero-order chi connectivity index (χ0) is 37.6. The molecule has 262 valence electrons. The number of non-ortho nitro benzene ring substituents is 2. The zero-order valence-corrected chi connectivity index (χ0v) is 25.5. The van der Waals surface area contributed by atoms with E-state index in [1.807, 2.05) is 0 Å². The molecule has 0 atom stereocenters. The molecule has 0 aliphatic carbocycles. The Kier molecular flexibility index (Phi) is 14.4. The highest BCUT2D eigenvalue weighted by molar-refractivity contribution is 5.69. The summed E-state index contributed by atoms with van der Waals surface area (Å²) in [6, 6.07) is 3.59. The lowest BCUT2D eigenvalue weighted by atomic mass is 10.2. The van der Waals surface area contributed by atoms with Crippen molar-refractivity contribution in [3.8, 4) is 11.5 Å². The second-order valence-electron chi connectivity index (χ2n) is 10.1. The number of aryl methyl sites for hydroxylation is 1. The first-order chi connectivity index (χ1) is 22.7. The fourth-order valence-corrected chi connectivity index (χ4v) is 3.15. The third-order valence-electron chi connectivity index (χ3n) is 5.57. The van der Waals surface area contributed by atoms with E-state index in [1.54, 1.807) is 12.3 Å². The maximum atomic E-state index is 11.4. The number of aromatic nitrogens is 2. The number of quaternary nitrogens is 1. The Bertz CT molecular complexity index is 1580. The number of rotatable bonds is 12. The molecule has 1 heterocycles. The first kappa shape index (κ1) is 40.0. The Hall–Kier alpha value is -7.05. The van der Waals surface area contributed by atoms with Crippen molar-refractivity contribution in [3.05, 3.63) is 109 Å². The highest BCUT2D eigenvalue weighted by atomic mass is 16.7. The number of aromatic hydroxyl groups is 2. The molecule has 3 aromatic rings. The SMILES string of the molecule is C[N+](C)(C)CCOC(=O)CCc1ccncn1.O=[N+]([O-])c1cc([N+](=O)[O-])c(O)c([N+](=O)[O-])c1.O=[N+]([O-])c1cc([N+](=O)[O-])c(O)c([N+](=O)[O-])c1. The van der Waals surface area contributed by atoms with Crippen molar-refractivity contribution < 1.29 is 53.8 Å². The molecule has 25 heteroatoms. The van der Waals surface area contributed by atoms with Crippen LogP contribution in [0.5, 0.6) is 11.5 Å². The summed E-state index contributed by atoms with van der Waals surface area (Å²) in [4.78, 5) is 74.8. The Morgan fingerprint density at radius 3 is 1.39 bits per heavy atom. The summed E-state index contributed by atoms with van der Waals surface area (Å²) >= 11 is 0. The number of nitro groups is 6. The fourth-order valence-electron chi connectivity index (χ4n) is 3.15. The molecule has 0 fully saturated rings. The Morgan fingerprint density at radius 2 is 1.10 bits per heavy atom. The Balaban J connectivity index is 0.000000368. The molecule has 25 nitrogen and oxygen atoms in total. The number of nitro benzene ring substituents is 6. The Morgan fingerprint density at radius 1 is 0.714 bits per heavy atom. The van der Waals surface area contributed by atoms with Gasteiger partial charge < -0.3 is 19.4 Å². The molecule has 0 radical (unpaired) electrons. The van der Waals surface area contributed by atoms with Gasteiger partial charge in [-0.3, -0.25) is 65.5 Å². The van der Waals surface area contributed by atoms with Gasteiger partial charge in [-0.1, -0.05) is 0 Å². The monoisotopic (exact) mass is 696 g/mol. The van der Waals surface area contributed by atoms with Gasteiger partial charge in [0.1, 0.15) is 19.5 Å². The maximum absolute atomic E-state index is 11.4. The lowest BCUT2D eigenvalue weighted by Gasteiger charge is -2.23. The van der Waals surface area contributed by atoms with Gasteiger partial charge in [0.05, 0.1) is 81.4 Å². The number of carbonyl (C=O) groups excluding carboxylic acids is 1. The highest BCUT2D eigenvalue weighted by Gasteiger charge is 2.31. The van der Waals surface area contributed by atoms with Gasteiger partial charge in [0.25, 0.3) is 22.9 Å². The third kappa shape index (κ3) is 13.1. The molecule has 2 aromatic carbocycles. The normalized spacial score (nSPS) is 10.3. The van der Waals surface area contributed by atoms with E-state index < -0.39 is 75.2 Å². The topological polar surface area (TPSA) is 351 Å². The van der Waals surface area contributed by atoms with Crippen molar-refractivity contribution in [2.75, 3.05) is 34.3 Å². The molecule has 49 heavy (non-hydrogen) atoms. The molecule has 0 aliphatic rings. The molecule has 3 rings (SSSR count). The maximum Gasteiger partial charge on any atom is 0.324 e. The van der Waals surface area contributed by atoms with Crippen LogP contribution >= 0.6 is 0 Å². The number of hydrogen-bond donors (Lipinski definition) is 2. The van der Waals surface area contributed by atoms with E-state index in [-0.39, 0.29) is 5.97 Å². The minimum Gasteiger partial charge on any atom is -0.497 e. The zero-order valence-electron chi connectivity index (χ0n) is 25.5. The van der Waals surface area contributed by atoms with Crippen molar-refractivity contribution in [3.63, 3.8) is 0 Å².